The van der Waals surface area contributed by atoms with Gasteiger partial charge in [-0.3, -0.25) is 0 Å². The molecule has 2 aromatic rings. The number of benzene rings is 1. The molecule has 0 saturated heterocycles. The number of pyridine rings is 1. The fourth-order valence-corrected chi connectivity index (χ4v) is 6.34. The van der Waals surface area contributed by atoms with Crippen molar-refractivity contribution in [2.24, 2.45) is 35.5 Å². The third-order valence-electron chi connectivity index (χ3n) is 7.80. The Labute approximate surface area is 227 Å². The first-order valence-corrected chi connectivity index (χ1v) is 13.6. The zero-order chi connectivity index (χ0) is 24.5. The van der Waals surface area contributed by atoms with Crippen LogP contribution in [-0.4, -0.2) is 27.4 Å². The summed E-state index contributed by atoms with van der Waals surface area (Å²) < 4.78 is 0. The van der Waals surface area contributed by atoms with E-state index >= 15 is 0 Å². The molecule has 1 radical (unpaired) electrons. The Kier molecular flexibility index (Phi) is 13.1. The van der Waals surface area contributed by atoms with Gasteiger partial charge in [-0.1, -0.05) is 52.7 Å². The van der Waals surface area contributed by atoms with Crippen molar-refractivity contribution in [3.8, 4) is 11.3 Å². The monoisotopic (exact) mass is 657 g/mol. The SMILES string of the molecule is CC(C)C[C@H]1CCCC2CCC[C@@H](CC(C)C)C(O)C2C1O.[Ir].[c-]1ccccc1-c1ccccn1. The molecule has 4 unspecified atom stereocenters. The van der Waals surface area contributed by atoms with E-state index in [1.807, 2.05) is 42.5 Å². The molecule has 1 aromatic carbocycles. The van der Waals surface area contributed by atoms with Crippen LogP contribution in [0, 0.1) is 41.6 Å². The van der Waals surface area contributed by atoms with E-state index in [1.165, 1.54) is 25.7 Å². The van der Waals surface area contributed by atoms with Gasteiger partial charge in [0.15, 0.2) is 0 Å². The predicted molar refractivity (Wildman–Crippen MR) is 141 cm³/mol. The van der Waals surface area contributed by atoms with Gasteiger partial charge >= 0.3 is 0 Å². The third-order valence-corrected chi connectivity index (χ3v) is 7.80. The number of aromatic nitrogens is 1. The molecule has 1 heterocycles. The second kappa shape index (κ2) is 15.3. The van der Waals surface area contributed by atoms with Crippen LogP contribution in [0.1, 0.15) is 79.1 Å². The molecule has 2 N–H and O–H groups in total. The van der Waals surface area contributed by atoms with Gasteiger partial charge in [-0.15, -0.1) is 35.9 Å². The van der Waals surface area contributed by atoms with Crippen LogP contribution in [0.3, 0.4) is 0 Å². The Balaban J connectivity index is 0.000000280. The minimum atomic E-state index is -0.294. The molecule has 2 aliphatic carbocycles. The van der Waals surface area contributed by atoms with Gasteiger partial charge in [-0.25, -0.2) is 0 Å². The zero-order valence-electron chi connectivity index (χ0n) is 22.1. The minimum Gasteiger partial charge on any atom is -0.392 e. The molecular formula is C31H46IrNO2-. The fraction of sp³-hybridized carbons (Fsp3) is 0.645. The number of hydrogen-bond acceptors (Lipinski definition) is 3. The van der Waals surface area contributed by atoms with E-state index in [1.54, 1.807) is 6.20 Å². The summed E-state index contributed by atoms with van der Waals surface area (Å²) in [6.07, 6.45) is 10.6. The summed E-state index contributed by atoms with van der Waals surface area (Å²) in [4.78, 5) is 4.22. The van der Waals surface area contributed by atoms with Gasteiger partial charge in [-0.05, 0) is 79.9 Å². The van der Waals surface area contributed by atoms with Gasteiger partial charge in [0.2, 0.25) is 0 Å². The van der Waals surface area contributed by atoms with Crippen LogP contribution in [-0.2, 0) is 20.1 Å². The van der Waals surface area contributed by atoms with Crippen LogP contribution in [0.4, 0.5) is 0 Å². The Morgan fingerprint density at radius 1 is 0.829 bits per heavy atom. The van der Waals surface area contributed by atoms with Crippen LogP contribution in [0.25, 0.3) is 11.3 Å². The Morgan fingerprint density at radius 2 is 1.40 bits per heavy atom. The molecule has 3 nitrogen and oxygen atoms in total. The Hall–Kier alpha value is -1.06. The van der Waals surface area contributed by atoms with E-state index in [2.05, 4.69) is 38.7 Å². The summed E-state index contributed by atoms with van der Waals surface area (Å²) in [5.74, 6) is 2.71. The van der Waals surface area contributed by atoms with Crippen LogP contribution in [0.5, 0.6) is 0 Å². The van der Waals surface area contributed by atoms with E-state index in [-0.39, 0.29) is 38.2 Å². The maximum atomic E-state index is 11.1. The average molecular weight is 657 g/mol. The topological polar surface area (TPSA) is 53.4 Å². The van der Waals surface area contributed by atoms with Crippen molar-refractivity contribution in [1.29, 1.82) is 0 Å². The fourth-order valence-electron chi connectivity index (χ4n) is 6.34. The van der Waals surface area contributed by atoms with E-state index in [0.29, 0.717) is 29.6 Å². The molecule has 0 aliphatic heterocycles. The van der Waals surface area contributed by atoms with E-state index in [4.69, 9.17) is 0 Å². The van der Waals surface area contributed by atoms with E-state index in [9.17, 15) is 10.2 Å². The molecule has 2 saturated carbocycles. The average Bonchev–Trinajstić information content (AvgIpc) is 3.07. The van der Waals surface area contributed by atoms with Crippen molar-refractivity contribution in [3.63, 3.8) is 0 Å². The number of aliphatic hydroxyl groups is 2. The first kappa shape index (κ1) is 30.2. The first-order valence-electron chi connectivity index (χ1n) is 13.6. The standard InChI is InChI=1S/C20H38O2.C11H8N.Ir/c1-13(2)11-16-9-5-7-15-8-6-10-17(12-14(3)4)20(22)18(15)19(16)21;1-2-6-10(7-3-1)11-8-4-5-9-12-11;/h13-22H,5-12H2,1-4H3;1-6,8-9H;/q;-1;/t15?,16-,17+,18?,19?,20?;;. The Bertz CT molecular complexity index is 746. The normalized spacial score (nSPS) is 28.7. The van der Waals surface area contributed by atoms with Gasteiger partial charge in [0.1, 0.15) is 0 Å². The number of rotatable bonds is 5. The second-order valence-corrected chi connectivity index (χ2v) is 11.5. The molecule has 2 fully saturated rings. The molecule has 2 aliphatic rings. The summed E-state index contributed by atoms with van der Waals surface area (Å²) >= 11 is 0. The Morgan fingerprint density at radius 3 is 1.86 bits per heavy atom. The maximum absolute atomic E-state index is 11.1. The molecule has 197 valence electrons. The van der Waals surface area contributed by atoms with Gasteiger partial charge in [0, 0.05) is 32.2 Å². The van der Waals surface area contributed by atoms with Crippen LogP contribution in [0.15, 0.2) is 48.7 Å². The molecule has 0 spiro atoms. The predicted octanol–water partition coefficient (Wildman–Crippen LogP) is 7.18. The van der Waals surface area contributed by atoms with Crippen molar-refractivity contribution in [2.45, 2.75) is 91.3 Å². The van der Waals surface area contributed by atoms with Crippen LogP contribution >= 0.6 is 0 Å². The van der Waals surface area contributed by atoms with Crippen molar-refractivity contribution >= 4 is 0 Å². The minimum absolute atomic E-state index is 0. The summed E-state index contributed by atoms with van der Waals surface area (Å²) in [6, 6.07) is 16.8. The van der Waals surface area contributed by atoms with Crippen molar-refractivity contribution in [2.75, 3.05) is 0 Å². The summed E-state index contributed by atoms with van der Waals surface area (Å²) in [7, 11) is 0. The second-order valence-electron chi connectivity index (χ2n) is 11.5. The van der Waals surface area contributed by atoms with Crippen LogP contribution in [0.2, 0.25) is 0 Å². The summed E-state index contributed by atoms with van der Waals surface area (Å²) in [5.41, 5.74) is 2.01. The largest absolute Gasteiger partial charge is 0.392 e. The third kappa shape index (κ3) is 9.08. The van der Waals surface area contributed by atoms with Crippen LogP contribution < -0.4 is 0 Å². The molecular weight excluding hydrogens is 611 g/mol. The van der Waals surface area contributed by atoms with Crippen molar-refractivity contribution in [1.82, 2.24) is 4.98 Å². The molecule has 4 rings (SSSR count). The molecule has 6 atom stereocenters. The quantitative estimate of drug-likeness (QED) is 0.336. The van der Waals surface area contributed by atoms with Crippen molar-refractivity contribution in [3.05, 3.63) is 54.7 Å². The van der Waals surface area contributed by atoms with Crippen molar-refractivity contribution < 1.29 is 30.3 Å². The smallest absolute Gasteiger partial charge is 0.0624 e. The first-order chi connectivity index (χ1) is 16.4. The van der Waals surface area contributed by atoms with Gasteiger partial charge in [0.05, 0.1) is 12.2 Å². The van der Waals surface area contributed by atoms with E-state index < -0.39 is 0 Å². The number of hydrogen-bond donors (Lipinski definition) is 2. The van der Waals surface area contributed by atoms with Gasteiger partial charge < -0.3 is 15.2 Å². The van der Waals surface area contributed by atoms with Gasteiger partial charge in [0.25, 0.3) is 0 Å². The molecule has 0 amide bonds. The molecule has 0 bridgehead atoms. The van der Waals surface area contributed by atoms with E-state index in [0.717, 1.165) is 36.9 Å². The summed E-state index contributed by atoms with van der Waals surface area (Å²) in [6.45, 7) is 9.00. The number of aliphatic hydroxyl groups excluding tert-OH is 2. The molecule has 4 heteroatoms. The molecule has 1 aromatic heterocycles. The number of fused-ring (bicyclic) bond motifs is 1. The van der Waals surface area contributed by atoms with Gasteiger partial charge in [-0.2, -0.15) is 0 Å². The zero-order valence-corrected chi connectivity index (χ0v) is 24.5. The molecule has 35 heavy (non-hydrogen) atoms. The summed E-state index contributed by atoms with van der Waals surface area (Å²) in [5, 5.41) is 22.2. The number of nitrogens with zero attached hydrogens (tertiary/aromatic N) is 1. The maximum Gasteiger partial charge on any atom is 0.0624 e.